The van der Waals surface area contributed by atoms with Crippen molar-refractivity contribution in [1.29, 1.82) is 0 Å². The predicted molar refractivity (Wildman–Crippen MR) is 64.7 cm³/mol. The van der Waals surface area contributed by atoms with Crippen LogP contribution in [0.3, 0.4) is 0 Å². The van der Waals surface area contributed by atoms with Crippen molar-refractivity contribution in [3.63, 3.8) is 0 Å². The van der Waals surface area contributed by atoms with E-state index in [9.17, 15) is 0 Å². The molecule has 0 fully saturated rings. The van der Waals surface area contributed by atoms with Gasteiger partial charge < -0.3 is 4.74 Å². The Bertz CT molecular complexity index is 334. The van der Waals surface area contributed by atoms with E-state index in [1.165, 1.54) is 0 Å². The molecule has 86 valence electrons. The summed E-state index contributed by atoms with van der Waals surface area (Å²) in [6, 6.07) is 0. The van der Waals surface area contributed by atoms with E-state index in [4.69, 9.17) is 4.74 Å². The highest BCUT2D eigenvalue weighted by Crippen LogP contribution is 2.21. The number of hydrogen-bond donors (Lipinski definition) is 0. The molecule has 4 heteroatoms. The normalized spacial score (nSPS) is 13.5. The minimum Gasteiger partial charge on any atom is -0.372 e. The van der Waals surface area contributed by atoms with E-state index in [1.54, 1.807) is 0 Å². The largest absolute Gasteiger partial charge is 0.372 e. The first-order valence-electron chi connectivity index (χ1n) is 5.23. The van der Waals surface area contributed by atoms with Crippen molar-refractivity contribution >= 4 is 15.9 Å². The summed E-state index contributed by atoms with van der Waals surface area (Å²) in [6.07, 6.45) is 0.270. The lowest BCUT2D eigenvalue weighted by atomic mass is 10.1. The average molecular weight is 275 g/mol. The molecule has 1 atom stereocenters. The van der Waals surface area contributed by atoms with E-state index in [2.05, 4.69) is 41.8 Å². The summed E-state index contributed by atoms with van der Waals surface area (Å²) in [5.41, 5.74) is 2.10. The second kappa shape index (κ2) is 5.12. The molecule has 0 bridgehead atoms. The molecule has 0 aliphatic rings. The summed E-state index contributed by atoms with van der Waals surface area (Å²) in [5.74, 6) is 0.540. The van der Waals surface area contributed by atoms with E-state index in [0.29, 0.717) is 12.5 Å². The lowest BCUT2D eigenvalue weighted by Crippen LogP contribution is -2.16. The number of nitrogens with zero attached hydrogens (tertiary/aromatic N) is 2. The first-order valence-corrected chi connectivity index (χ1v) is 6.02. The van der Waals surface area contributed by atoms with E-state index in [1.807, 2.05) is 18.7 Å². The molecular formula is C11H19BrN2O. The number of rotatable bonds is 4. The second-order valence-corrected chi connectivity index (χ2v) is 5.02. The van der Waals surface area contributed by atoms with Crippen molar-refractivity contribution in [2.45, 2.75) is 40.4 Å². The van der Waals surface area contributed by atoms with Crippen molar-refractivity contribution in [3.05, 3.63) is 15.9 Å². The Balaban J connectivity index is 2.65. The monoisotopic (exact) mass is 274 g/mol. The Morgan fingerprint density at radius 3 is 2.40 bits per heavy atom. The summed E-state index contributed by atoms with van der Waals surface area (Å²) >= 11 is 3.52. The van der Waals surface area contributed by atoms with Gasteiger partial charge in [0.1, 0.15) is 0 Å². The molecule has 0 aromatic carbocycles. The molecular weight excluding hydrogens is 256 g/mol. The summed E-state index contributed by atoms with van der Waals surface area (Å²) in [6.45, 7) is 9.01. The lowest BCUT2D eigenvalue weighted by molar-refractivity contribution is 0.0201. The fourth-order valence-electron chi connectivity index (χ4n) is 1.24. The fraction of sp³-hybridized carbons (Fsp3) is 0.727. The van der Waals surface area contributed by atoms with Crippen LogP contribution in [0.5, 0.6) is 0 Å². The van der Waals surface area contributed by atoms with Crippen LogP contribution < -0.4 is 0 Å². The number of ether oxygens (including phenoxy) is 1. The van der Waals surface area contributed by atoms with Gasteiger partial charge in [-0.15, -0.1) is 0 Å². The summed E-state index contributed by atoms with van der Waals surface area (Å²) < 4.78 is 8.70. The Hall–Kier alpha value is -0.350. The zero-order chi connectivity index (χ0) is 11.6. The topological polar surface area (TPSA) is 27.1 Å². The van der Waals surface area contributed by atoms with Crippen LogP contribution in [-0.2, 0) is 18.4 Å². The average Bonchev–Trinajstić information content (AvgIpc) is 2.38. The van der Waals surface area contributed by atoms with Gasteiger partial charge in [-0.05, 0) is 35.7 Å². The Labute approximate surface area is 99.9 Å². The number of aryl methyl sites for hydroxylation is 2. The molecule has 0 N–H and O–H groups in total. The van der Waals surface area contributed by atoms with E-state index in [-0.39, 0.29) is 6.10 Å². The zero-order valence-corrected chi connectivity index (χ0v) is 11.6. The molecule has 0 saturated carbocycles. The van der Waals surface area contributed by atoms with Crippen LogP contribution >= 0.6 is 15.9 Å². The van der Waals surface area contributed by atoms with Gasteiger partial charge >= 0.3 is 0 Å². The number of aromatic nitrogens is 2. The molecule has 1 rings (SSSR count). The SMILES string of the molecule is Cc1nn(C)c(COC(C)C(C)C)c1Br. The van der Waals surface area contributed by atoms with Crippen molar-refractivity contribution in [3.8, 4) is 0 Å². The van der Waals surface area contributed by atoms with Gasteiger partial charge in [0.25, 0.3) is 0 Å². The van der Waals surface area contributed by atoms with Gasteiger partial charge in [-0.2, -0.15) is 5.10 Å². The van der Waals surface area contributed by atoms with Gasteiger partial charge in [-0.3, -0.25) is 4.68 Å². The maximum Gasteiger partial charge on any atom is 0.0900 e. The van der Waals surface area contributed by atoms with Crippen LogP contribution in [-0.4, -0.2) is 15.9 Å². The van der Waals surface area contributed by atoms with Gasteiger partial charge in [0, 0.05) is 7.05 Å². The molecule has 15 heavy (non-hydrogen) atoms. The van der Waals surface area contributed by atoms with Crippen LogP contribution in [0.1, 0.15) is 32.2 Å². The van der Waals surface area contributed by atoms with Crippen molar-refractivity contribution < 1.29 is 4.74 Å². The maximum absolute atomic E-state index is 5.77. The lowest BCUT2D eigenvalue weighted by Gasteiger charge is -2.16. The van der Waals surface area contributed by atoms with E-state index in [0.717, 1.165) is 15.9 Å². The third-order valence-electron chi connectivity index (χ3n) is 2.68. The van der Waals surface area contributed by atoms with Crippen LogP contribution in [0.25, 0.3) is 0 Å². The Morgan fingerprint density at radius 1 is 1.40 bits per heavy atom. The number of halogens is 1. The predicted octanol–water partition coefficient (Wildman–Crippen LogP) is 3.05. The van der Waals surface area contributed by atoms with E-state index >= 15 is 0 Å². The van der Waals surface area contributed by atoms with Crippen LogP contribution in [0.15, 0.2) is 4.47 Å². The molecule has 0 saturated heterocycles. The quantitative estimate of drug-likeness (QED) is 0.844. The zero-order valence-electron chi connectivity index (χ0n) is 10.0. The molecule has 1 heterocycles. The third-order valence-corrected chi connectivity index (χ3v) is 3.71. The minimum absolute atomic E-state index is 0.270. The molecule has 1 unspecified atom stereocenters. The summed E-state index contributed by atoms with van der Waals surface area (Å²) in [7, 11) is 1.94. The van der Waals surface area contributed by atoms with Crippen LogP contribution in [0.2, 0.25) is 0 Å². The van der Waals surface area contributed by atoms with Crippen molar-refractivity contribution in [2.75, 3.05) is 0 Å². The Kier molecular flexibility index (Phi) is 4.34. The molecule has 0 amide bonds. The molecule has 3 nitrogen and oxygen atoms in total. The third kappa shape index (κ3) is 3.05. The summed E-state index contributed by atoms with van der Waals surface area (Å²) in [5, 5.41) is 4.32. The van der Waals surface area contributed by atoms with Crippen LogP contribution in [0, 0.1) is 12.8 Å². The van der Waals surface area contributed by atoms with E-state index < -0.39 is 0 Å². The van der Waals surface area contributed by atoms with Crippen molar-refractivity contribution in [2.24, 2.45) is 13.0 Å². The molecule has 1 aromatic rings. The van der Waals surface area contributed by atoms with Crippen molar-refractivity contribution in [1.82, 2.24) is 9.78 Å². The first-order chi connectivity index (χ1) is 6.93. The van der Waals surface area contributed by atoms with Crippen LogP contribution in [0.4, 0.5) is 0 Å². The molecule has 0 aliphatic heterocycles. The molecule has 0 spiro atoms. The molecule has 0 radical (unpaired) electrons. The second-order valence-electron chi connectivity index (χ2n) is 4.23. The first kappa shape index (κ1) is 12.7. The Morgan fingerprint density at radius 2 is 2.00 bits per heavy atom. The molecule has 1 aromatic heterocycles. The van der Waals surface area contributed by atoms with Gasteiger partial charge in [-0.1, -0.05) is 13.8 Å². The smallest absolute Gasteiger partial charge is 0.0900 e. The van der Waals surface area contributed by atoms with Gasteiger partial charge in [0.2, 0.25) is 0 Å². The summed E-state index contributed by atoms with van der Waals surface area (Å²) in [4.78, 5) is 0. The standard InChI is InChI=1S/C11H19BrN2O/c1-7(2)9(4)15-6-10-11(12)8(3)13-14(10)5/h7,9H,6H2,1-5H3. The van der Waals surface area contributed by atoms with Gasteiger partial charge in [-0.25, -0.2) is 0 Å². The minimum atomic E-state index is 0.270. The highest BCUT2D eigenvalue weighted by Gasteiger charge is 2.13. The highest BCUT2D eigenvalue weighted by atomic mass is 79.9. The number of hydrogen-bond acceptors (Lipinski definition) is 2. The van der Waals surface area contributed by atoms with Gasteiger partial charge in [0.15, 0.2) is 0 Å². The highest BCUT2D eigenvalue weighted by molar-refractivity contribution is 9.10. The van der Waals surface area contributed by atoms with Gasteiger partial charge in [0.05, 0.1) is 28.6 Å². The molecule has 0 aliphatic carbocycles. The maximum atomic E-state index is 5.77. The fourth-order valence-corrected chi connectivity index (χ4v) is 1.69.